The number of benzene rings is 1. The quantitative estimate of drug-likeness (QED) is 0.903. The maximum atomic E-state index is 13.4. The first-order chi connectivity index (χ1) is 9.28. The summed E-state index contributed by atoms with van der Waals surface area (Å²) in [5.74, 6) is -1.51. The number of halogens is 2. The molecule has 1 N–H and O–H groups in total. The topological polar surface area (TPSA) is 66.5 Å². The number of nitrogens with zero attached hydrogens (tertiary/aromatic N) is 1. The van der Waals surface area contributed by atoms with Crippen LogP contribution in [0.3, 0.4) is 0 Å². The predicted octanol–water partition coefficient (Wildman–Crippen LogP) is 1.62. The smallest absolute Gasteiger partial charge is 0.321 e. The van der Waals surface area contributed by atoms with Crippen molar-refractivity contribution in [1.29, 1.82) is 0 Å². The van der Waals surface area contributed by atoms with Crippen LogP contribution in [0.4, 0.5) is 19.3 Å². The fourth-order valence-electron chi connectivity index (χ4n) is 2.04. The fraction of sp³-hybridized carbons (Fsp3) is 0.417. The number of hydrogen-bond acceptors (Lipinski definition) is 3. The molecule has 8 heteroatoms. The molecule has 1 heterocycles. The highest BCUT2D eigenvalue weighted by atomic mass is 32.2. The lowest BCUT2D eigenvalue weighted by atomic mass is 10.2. The number of carbonyl (C=O) groups excluding carboxylic acids is 1. The zero-order valence-electron chi connectivity index (χ0n) is 10.8. The Labute approximate surface area is 115 Å². The molecule has 5 nitrogen and oxygen atoms in total. The third-order valence-electron chi connectivity index (χ3n) is 3.25. The van der Waals surface area contributed by atoms with E-state index in [9.17, 15) is 22.0 Å². The lowest BCUT2D eigenvalue weighted by Crippen LogP contribution is -2.40. The summed E-state index contributed by atoms with van der Waals surface area (Å²) in [5, 5.41) is 2.23. The third kappa shape index (κ3) is 3.24. The Morgan fingerprint density at radius 2 is 2.10 bits per heavy atom. The van der Waals surface area contributed by atoms with Crippen LogP contribution in [-0.2, 0) is 9.84 Å². The van der Waals surface area contributed by atoms with Crippen LogP contribution < -0.4 is 5.32 Å². The van der Waals surface area contributed by atoms with E-state index in [1.807, 2.05) is 0 Å². The summed E-state index contributed by atoms with van der Waals surface area (Å²) in [6.07, 6.45) is 0.345. The van der Waals surface area contributed by atoms with E-state index in [2.05, 4.69) is 5.32 Å². The zero-order chi connectivity index (χ0) is 14.9. The third-order valence-corrected chi connectivity index (χ3v) is 5.00. The van der Waals surface area contributed by atoms with Crippen LogP contribution in [0.15, 0.2) is 18.2 Å². The van der Waals surface area contributed by atoms with Gasteiger partial charge in [-0.3, -0.25) is 0 Å². The Hall–Kier alpha value is -1.70. The van der Waals surface area contributed by atoms with Crippen molar-refractivity contribution in [1.82, 2.24) is 4.90 Å². The monoisotopic (exact) mass is 304 g/mol. The summed E-state index contributed by atoms with van der Waals surface area (Å²) in [6, 6.07) is 1.60. The van der Waals surface area contributed by atoms with Gasteiger partial charge in [0.05, 0.1) is 17.2 Å². The molecule has 0 radical (unpaired) electrons. The lowest BCUT2D eigenvalue weighted by Gasteiger charge is -2.23. The molecule has 0 saturated carbocycles. The van der Waals surface area contributed by atoms with Crippen molar-refractivity contribution in [3.05, 3.63) is 29.8 Å². The highest BCUT2D eigenvalue weighted by molar-refractivity contribution is 7.91. The number of sulfone groups is 1. The first kappa shape index (κ1) is 14.7. The van der Waals surface area contributed by atoms with E-state index < -0.39 is 33.5 Å². The molecule has 1 fully saturated rings. The summed E-state index contributed by atoms with van der Waals surface area (Å²) in [5.41, 5.74) is -0.275. The Balaban J connectivity index is 2.06. The summed E-state index contributed by atoms with van der Waals surface area (Å²) in [7, 11) is -1.69. The van der Waals surface area contributed by atoms with Gasteiger partial charge < -0.3 is 10.2 Å². The van der Waals surface area contributed by atoms with E-state index in [4.69, 9.17) is 0 Å². The van der Waals surface area contributed by atoms with Gasteiger partial charge in [-0.15, -0.1) is 0 Å². The van der Waals surface area contributed by atoms with Gasteiger partial charge >= 0.3 is 6.03 Å². The maximum Gasteiger partial charge on any atom is 0.321 e. The van der Waals surface area contributed by atoms with E-state index in [1.165, 1.54) is 11.9 Å². The summed E-state index contributed by atoms with van der Waals surface area (Å²) in [6.45, 7) is 0. The molecule has 1 aromatic rings. The van der Waals surface area contributed by atoms with Crippen LogP contribution in [0.5, 0.6) is 0 Å². The van der Waals surface area contributed by atoms with E-state index in [1.54, 1.807) is 0 Å². The van der Waals surface area contributed by atoms with Crippen LogP contribution in [0.25, 0.3) is 0 Å². The molecule has 0 bridgehead atoms. The van der Waals surface area contributed by atoms with Gasteiger partial charge in [0.25, 0.3) is 0 Å². The second-order valence-electron chi connectivity index (χ2n) is 4.72. The molecule has 0 aromatic heterocycles. The van der Waals surface area contributed by atoms with Crippen molar-refractivity contribution >= 4 is 21.6 Å². The fourth-order valence-corrected chi connectivity index (χ4v) is 3.82. The second kappa shape index (κ2) is 5.35. The van der Waals surface area contributed by atoms with Crippen LogP contribution in [0.2, 0.25) is 0 Å². The van der Waals surface area contributed by atoms with Crippen molar-refractivity contribution < 1.29 is 22.0 Å². The normalized spacial score (nSPS) is 20.6. The highest BCUT2D eigenvalue weighted by Crippen LogP contribution is 2.19. The molecule has 0 aliphatic carbocycles. The molecule has 110 valence electrons. The molecule has 2 rings (SSSR count). The van der Waals surface area contributed by atoms with E-state index in [0.717, 1.165) is 18.2 Å². The Bertz CT molecular complexity index is 634. The molecule has 20 heavy (non-hydrogen) atoms. The molecule has 1 aromatic carbocycles. The zero-order valence-corrected chi connectivity index (χ0v) is 11.6. The number of anilines is 1. The predicted molar refractivity (Wildman–Crippen MR) is 70.2 cm³/mol. The number of rotatable bonds is 2. The van der Waals surface area contributed by atoms with Crippen molar-refractivity contribution in [3.8, 4) is 0 Å². The van der Waals surface area contributed by atoms with Crippen molar-refractivity contribution in [2.24, 2.45) is 0 Å². The van der Waals surface area contributed by atoms with E-state index >= 15 is 0 Å². The molecule has 1 atom stereocenters. The van der Waals surface area contributed by atoms with Gasteiger partial charge in [0, 0.05) is 19.2 Å². The number of carbonyl (C=O) groups is 1. The molecule has 2 amide bonds. The second-order valence-corrected chi connectivity index (χ2v) is 6.95. The Kier molecular flexibility index (Phi) is 3.94. The Morgan fingerprint density at radius 1 is 1.40 bits per heavy atom. The average molecular weight is 304 g/mol. The minimum Gasteiger partial charge on any atom is -0.324 e. The van der Waals surface area contributed by atoms with Crippen LogP contribution in [0.1, 0.15) is 6.42 Å². The van der Waals surface area contributed by atoms with Crippen molar-refractivity contribution in [2.45, 2.75) is 12.5 Å². The minimum atomic E-state index is -3.12. The van der Waals surface area contributed by atoms with Gasteiger partial charge in [-0.05, 0) is 18.6 Å². The molecule has 1 saturated heterocycles. The Morgan fingerprint density at radius 3 is 2.70 bits per heavy atom. The maximum absolute atomic E-state index is 13.4. The SMILES string of the molecule is CN(C(=O)Nc1cc(F)ccc1F)C1CCS(=O)(=O)C1. The van der Waals surface area contributed by atoms with Gasteiger partial charge in [-0.25, -0.2) is 22.0 Å². The minimum absolute atomic E-state index is 0.0314. The first-order valence-corrected chi connectivity index (χ1v) is 7.80. The van der Waals surface area contributed by atoms with Crippen LogP contribution in [-0.4, -0.2) is 43.9 Å². The standard InChI is InChI=1S/C12H14F2N2O3S/c1-16(9-4-5-20(18,19)7-9)12(17)15-11-6-8(13)2-3-10(11)14/h2-3,6,9H,4-5,7H2,1H3,(H,15,17). The molecule has 0 spiro atoms. The number of amides is 2. The molecular weight excluding hydrogens is 290 g/mol. The summed E-state index contributed by atoms with van der Waals surface area (Å²) >= 11 is 0. The van der Waals surface area contributed by atoms with Crippen LogP contribution in [0, 0.1) is 11.6 Å². The van der Waals surface area contributed by atoms with Gasteiger partial charge in [-0.1, -0.05) is 0 Å². The van der Waals surface area contributed by atoms with Gasteiger partial charge in [-0.2, -0.15) is 0 Å². The van der Waals surface area contributed by atoms with E-state index in [0.29, 0.717) is 6.42 Å². The highest BCUT2D eigenvalue weighted by Gasteiger charge is 2.32. The average Bonchev–Trinajstić information content (AvgIpc) is 2.73. The number of nitrogens with one attached hydrogen (secondary N) is 1. The van der Waals surface area contributed by atoms with Gasteiger partial charge in [0.1, 0.15) is 11.6 Å². The van der Waals surface area contributed by atoms with Gasteiger partial charge in [0.15, 0.2) is 9.84 Å². The van der Waals surface area contributed by atoms with E-state index in [-0.39, 0.29) is 17.2 Å². The van der Waals surface area contributed by atoms with Crippen molar-refractivity contribution in [2.75, 3.05) is 23.9 Å². The molecular formula is C12H14F2N2O3S. The lowest BCUT2D eigenvalue weighted by molar-refractivity contribution is 0.209. The number of urea groups is 1. The molecule has 1 aliphatic heterocycles. The molecule has 1 unspecified atom stereocenters. The largest absolute Gasteiger partial charge is 0.324 e. The summed E-state index contributed by atoms with van der Waals surface area (Å²) in [4.78, 5) is 13.1. The van der Waals surface area contributed by atoms with Crippen LogP contribution >= 0.6 is 0 Å². The molecule has 1 aliphatic rings. The summed E-state index contributed by atoms with van der Waals surface area (Å²) < 4.78 is 49.1. The first-order valence-electron chi connectivity index (χ1n) is 5.98. The number of hydrogen-bond donors (Lipinski definition) is 1. The van der Waals surface area contributed by atoms with Gasteiger partial charge in [0.2, 0.25) is 0 Å². The van der Waals surface area contributed by atoms with Crippen molar-refractivity contribution in [3.63, 3.8) is 0 Å².